The van der Waals surface area contributed by atoms with Crippen molar-refractivity contribution in [2.45, 2.75) is 25.8 Å². The molecule has 4 rings (SSSR count). The maximum Gasteiger partial charge on any atom is 0.230 e. The van der Waals surface area contributed by atoms with Crippen molar-refractivity contribution in [3.8, 4) is 11.6 Å². The van der Waals surface area contributed by atoms with Gasteiger partial charge in [-0.1, -0.05) is 29.5 Å². The molecule has 0 radical (unpaired) electrons. The molecule has 1 fully saturated rings. The fourth-order valence-corrected chi connectivity index (χ4v) is 5.02. The Morgan fingerprint density at radius 3 is 2.71 bits per heavy atom. The van der Waals surface area contributed by atoms with Gasteiger partial charge >= 0.3 is 0 Å². The molecule has 2 aromatic heterocycles. The zero-order chi connectivity index (χ0) is 19.8. The summed E-state index contributed by atoms with van der Waals surface area (Å²) in [6, 6.07) is 7.57. The van der Waals surface area contributed by atoms with Crippen LogP contribution in [-0.4, -0.2) is 50.7 Å². The number of methoxy groups -OCH3 is 1. The third-order valence-corrected chi connectivity index (χ3v) is 6.36. The first-order valence-corrected chi connectivity index (χ1v) is 10.0. The Labute approximate surface area is 166 Å². The van der Waals surface area contributed by atoms with Crippen molar-refractivity contribution in [3.05, 3.63) is 40.5 Å². The molecule has 1 aliphatic rings. The highest BCUT2D eigenvalue weighted by atomic mass is 32.1. The van der Waals surface area contributed by atoms with Crippen LogP contribution in [0.3, 0.4) is 0 Å². The van der Waals surface area contributed by atoms with Gasteiger partial charge in [0.25, 0.3) is 0 Å². The number of benzene rings is 1. The Hall–Kier alpha value is -2.65. The summed E-state index contributed by atoms with van der Waals surface area (Å²) < 4.78 is 7.08. The maximum absolute atomic E-state index is 11.6. The van der Waals surface area contributed by atoms with Crippen LogP contribution in [0.2, 0.25) is 0 Å². The lowest BCUT2D eigenvalue weighted by molar-refractivity contribution is -0.123. The summed E-state index contributed by atoms with van der Waals surface area (Å²) in [7, 11) is 1.64. The average Bonchev–Trinajstić information content (AvgIpc) is 3.20. The van der Waals surface area contributed by atoms with E-state index in [1.807, 2.05) is 24.3 Å². The second-order valence-corrected chi connectivity index (χ2v) is 8.01. The molecular weight excluding hydrogens is 378 g/mol. The average molecular weight is 401 g/mol. The Balaban J connectivity index is 1.78. The van der Waals surface area contributed by atoms with Gasteiger partial charge in [0.1, 0.15) is 11.6 Å². The Morgan fingerprint density at radius 1 is 1.36 bits per heavy atom. The Bertz CT molecular complexity index is 1010. The molecule has 28 heavy (non-hydrogen) atoms. The van der Waals surface area contributed by atoms with E-state index in [1.165, 1.54) is 15.9 Å². The van der Waals surface area contributed by atoms with E-state index in [1.54, 1.807) is 14.0 Å². The van der Waals surface area contributed by atoms with Gasteiger partial charge in [-0.25, -0.2) is 4.98 Å². The normalized spacial score (nSPS) is 17.1. The number of para-hydroxylation sites is 1. The quantitative estimate of drug-likeness (QED) is 0.678. The largest absolute Gasteiger partial charge is 0.496 e. The molecule has 1 atom stereocenters. The van der Waals surface area contributed by atoms with E-state index in [-0.39, 0.29) is 23.7 Å². The maximum atomic E-state index is 11.6. The van der Waals surface area contributed by atoms with Crippen molar-refractivity contribution in [1.29, 1.82) is 0 Å². The molecule has 0 spiro atoms. The predicted molar refractivity (Wildman–Crippen MR) is 106 cm³/mol. The van der Waals surface area contributed by atoms with E-state index >= 15 is 0 Å². The molecule has 3 heterocycles. The number of aromatic hydroxyl groups is 1. The van der Waals surface area contributed by atoms with Crippen LogP contribution in [0.4, 0.5) is 0 Å². The predicted octanol–water partition coefficient (Wildman–Crippen LogP) is 2.10. The fourth-order valence-electron chi connectivity index (χ4n) is 3.86. The molecule has 1 amide bonds. The summed E-state index contributed by atoms with van der Waals surface area (Å²) in [5.41, 5.74) is 6.45. The summed E-state index contributed by atoms with van der Waals surface area (Å²) in [5.74, 6) is 1.11. The number of ether oxygens (including phenoxy) is 1. The molecule has 3 N–H and O–H groups in total. The molecule has 3 aromatic rings. The molecule has 0 aliphatic carbocycles. The number of primary amides is 1. The molecule has 148 valence electrons. The first kappa shape index (κ1) is 18.7. The van der Waals surface area contributed by atoms with E-state index in [4.69, 9.17) is 10.5 Å². The van der Waals surface area contributed by atoms with Crippen molar-refractivity contribution in [2.75, 3.05) is 20.2 Å². The first-order chi connectivity index (χ1) is 13.5. The molecule has 1 aromatic carbocycles. The lowest BCUT2D eigenvalue weighted by atomic mass is 9.93. The number of likely N-dealkylation sites (tertiary alicyclic amines) is 1. The third kappa shape index (κ3) is 3.20. The number of carbonyl (C=O) groups is 1. The molecule has 8 nitrogen and oxygen atoms in total. The minimum atomic E-state index is -0.245. The number of amides is 1. The van der Waals surface area contributed by atoms with Crippen LogP contribution in [0.1, 0.15) is 35.1 Å². The van der Waals surface area contributed by atoms with Crippen molar-refractivity contribution in [2.24, 2.45) is 11.7 Å². The molecule has 1 aliphatic heterocycles. The van der Waals surface area contributed by atoms with Crippen molar-refractivity contribution >= 4 is 22.2 Å². The van der Waals surface area contributed by atoms with Gasteiger partial charge in [0.15, 0.2) is 0 Å². The number of hydrogen-bond acceptors (Lipinski definition) is 7. The number of nitrogens with zero attached hydrogens (tertiary/aromatic N) is 4. The van der Waals surface area contributed by atoms with Gasteiger partial charge in [0.05, 0.1) is 18.0 Å². The summed E-state index contributed by atoms with van der Waals surface area (Å²) >= 11 is 1.42. The van der Waals surface area contributed by atoms with Crippen LogP contribution in [0.25, 0.3) is 4.96 Å². The molecule has 0 saturated carbocycles. The van der Waals surface area contributed by atoms with Gasteiger partial charge < -0.3 is 15.6 Å². The smallest absolute Gasteiger partial charge is 0.230 e. The minimum absolute atomic E-state index is 0.0912. The van der Waals surface area contributed by atoms with E-state index in [2.05, 4.69) is 15.0 Å². The molecule has 9 heteroatoms. The number of thiazole rings is 1. The van der Waals surface area contributed by atoms with Gasteiger partial charge in [-0.2, -0.15) is 4.52 Å². The van der Waals surface area contributed by atoms with E-state index in [0.717, 1.165) is 16.2 Å². The van der Waals surface area contributed by atoms with Crippen LogP contribution >= 0.6 is 11.3 Å². The van der Waals surface area contributed by atoms with Gasteiger partial charge in [-0.3, -0.25) is 9.69 Å². The van der Waals surface area contributed by atoms with E-state index in [9.17, 15) is 9.90 Å². The number of rotatable bonds is 5. The highest BCUT2D eigenvalue weighted by molar-refractivity contribution is 7.17. The number of nitrogens with two attached hydrogens (primary N) is 1. The van der Waals surface area contributed by atoms with E-state index in [0.29, 0.717) is 36.7 Å². The monoisotopic (exact) mass is 401 g/mol. The van der Waals surface area contributed by atoms with E-state index < -0.39 is 0 Å². The second-order valence-electron chi connectivity index (χ2n) is 7.00. The van der Waals surface area contributed by atoms with Gasteiger partial charge in [0.2, 0.25) is 16.7 Å². The summed E-state index contributed by atoms with van der Waals surface area (Å²) in [6.07, 6.45) is 1.39. The van der Waals surface area contributed by atoms with Crippen LogP contribution in [-0.2, 0) is 4.79 Å². The number of aryl methyl sites for hydroxylation is 1. The van der Waals surface area contributed by atoms with Gasteiger partial charge in [-0.15, -0.1) is 5.10 Å². The standard InChI is InChI=1S/C19H23N5O3S/c1-11-21-19-24(22-11)18(26)16(28-19)15(13-5-3-4-6-14(13)27-2)23-9-7-12(8-10-23)17(20)25/h3-6,12,15,26H,7-10H2,1-2H3,(H2,20,25). The van der Waals surface area contributed by atoms with Crippen LogP contribution in [0.15, 0.2) is 24.3 Å². The number of fused-ring (bicyclic) bond motifs is 1. The number of hydrogen-bond donors (Lipinski definition) is 2. The highest BCUT2D eigenvalue weighted by Gasteiger charge is 2.34. The Kier molecular flexibility index (Phi) is 4.94. The highest BCUT2D eigenvalue weighted by Crippen LogP contribution is 2.43. The topological polar surface area (TPSA) is 106 Å². The number of piperidine rings is 1. The first-order valence-electron chi connectivity index (χ1n) is 9.21. The fraction of sp³-hybridized carbons (Fsp3) is 0.421. The minimum Gasteiger partial charge on any atom is -0.496 e. The molecule has 0 bridgehead atoms. The van der Waals surface area contributed by atoms with Crippen LogP contribution < -0.4 is 10.5 Å². The third-order valence-electron chi connectivity index (χ3n) is 5.28. The van der Waals surface area contributed by atoms with Crippen molar-refractivity contribution in [3.63, 3.8) is 0 Å². The Morgan fingerprint density at radius 2 is 2.07 bits per heavy atom. The lowest BCUT2D eigenvalue weighted by Gasteiger charge is -2.36. The van der Waals surface area contributed by atoms with Gasteiger partial charge in [-0.05, 0) is 38.9 Å². The van der Waals surface area contributed by atoms with Crippen LogP contribution in [0, 0.1) is 12.8 Å². The SMILES string of the molecule is COc1ccccc1C(c1sc2nc(C)nn2c1O)N1CCC(C(N)=O)CC1. The van der Waals surface area contributed by atoms with Crippen LogP contribution in [0.5, 0.6) is 11.6 Å². The molecule has 1 unspecified atom stereocenters. The molecule has 1 saturated heterocycles. The summed E-state index contributed by atoms with van der Waals surface area (Å²) in [5, 5.41) is 15.2. The summed E-state index contributed by atoms with van der Waals surface area (Å²) in [4.78, 5) is 19.6. The molecular formula is C19H23N5O3S. The second kappa shape index (κ2) is 7.40. The van der Waals surface area contributed by atoms with Gasteiger partial charge in [0, 0.05) is 11.5 Å². The number of carbonyl (C=O) groups excluding carboxylic acids is 1. The van der Waals surface area contributed by atoms with Crippen molar-refractivity contribution in [1.82, 2.24) is 19.5 Å². The lowest BCUT2D eigenvalue weighted by Crippen LogP contribution is -2.40. The number of aromatic nitrogens is 3. The zero-order valence-electron chi connectivity index (χ0n) is 15.8. The van der Waals surface area contributed by atoms with Crippen molar-refractivity contribution < 1.29 is 14.6 Å². The zero-order valence-corrected chi connectivity index (χ0v) is 16.6. The summed E-state index contributed by atoms with van der Waals surface area (Å²) in [6.45, 7) is 3.19.